The Morgan fingerprint density at radius 3 is 2.85 bits per heavy atom. The predicted molar refractivity (Wildman–Crippen MR) is 67.5 cm³/mol. The van der Waals surface area contributed by atoms with Crippen LogP contribution in [0.5, 0.6) is 0 Å². The Morgan fingerprint density at radius 1 is 1.45 bits per heavy atom. The average molecular weight is 277 g/mol. The summed E-state index contributed by atoms with van der Waals surface area (Å²) in [6, 6.07) is 2.36. The van der Waals surface area contributed by atoms with Crippen LogP contribution < -0.4 is 5.32 Å². The molecule has 0 spiro atoms. The number of imidazole rings is 1. The largest absolute Gasteiger partial charge is 0.467 e. The highest BCUT2D eigenvalue weighted by Gasteiger charge is 2.52. The van der Waals surface area contributed by atoms with E-state index in [1.54, 1.807) is 0 Å². The number of aromatic nitrogens is 2. The smallest absolute Gasteiger partial charge is 0.331 e. The normalized spacial score (nSPS) is 15.9. The molecule has 0 bridgehead atoms. The van der Waals surface area contributed by atoms with Crippen molar-refractivity contribution in [3.05, 3.63) is 29.8 Å². The Labute approximate surface area is 113 Å². The minimum absolute atomic E-state index is 0.0939. The molecule has 0 radical (unpaired) electrons. The van der Waals surface area contributed by atoms with E-state index in [4.69, 9.17) is 0 Å². The standard InChI is InChI=1S/C13H12FN3O3/c1-20-12(19)13(2-3-13)17-11(18)8-4-7(14)5-9-10(8)16-6-15-9/h4-6H,2-3H2,1H3,(H,15,16)(H,17,18). The maximum absolute atomic E-state index is 13.5. The SMILES string of the molecule is COC(=O)C1(NC(=O)c2cc(F)cc3[nH]cnc23)CC1. The molecule has 2 aromatic rings. The maximum Gasteiger partial charge on any atom is 0.331 e. The molecule has 1 heterocycles. The van der Waals surface area contributed by atoms with Crippen molar-refractivity contribution in [1.82, 2.24) is 15.3 Å². The number of esters is 1. The van der Waals surface area contributed by atoms with Gasteiger partial charge in [0.25, 0.3) is 5.91 Å². The summed E-state index contributed by atoms with van der Waals surface area (Å²) in [6.07, 6.45) is 2.42. The molecule has 0 saturated heterocycles. The molecular weight excluding hydrogens is 265 g/mol. The molecule has 1 aromatic heterocycles. The van der Waals surface area contributed by atoms with E-state index in [1.165, 1.54) is 19.5 Å². The number of nitrogens with zero attached hydrogens (tertiary/aromatic N) is 1. The van der Waals surface area contributed by atoms with Crippen LogP contribution >= 0.6 is 0 Å². The van der Waals surface area contributed by atoms with E-state index in [1.807, 2.05) is 0 Å². The van der Waals surface area contributed by atoms with Crippen molar-refractivity contribution < 1.29 is 18.7 Å². The van der Waals surface area contributed by atoms with Gasteiger partial charge >= 0.3 is 5.97 Å². The van der Waals surface area contributed by atoms with Crippen LogP contribution in [-0.2, 0) is 9.53 Å². The topological polar surface area (TPSA) is 84.1 Å². The summed E-state index contributed by atoms with van der Waals surface area (Å²) in [5.74, 6) is -1.57. The fourth-order valence-electron chi connectivity index (χ4n) is 2.17. The molecule has 1 aliphatic rings. The zero-order chi connectivity index (χ0) is 14.3. The van der Waals surface area contributed by atoms with Crippen LogP contribution in [0.4, 0.5) is 4.39 Å². The van der Waals surface area contributed by atoms with Crippen LogP contribution in [0.15, 0.2) is 18.5 Å². The molecular formula is C13H12FN3O3. The molecule has 0 aliphatic heterocycles. The number of hydrogen-bond acceptors (Lipinski definition) is 4. The molecule has 0 atom stereocenters. The number of carbonyl (C=O) groups is 2. The van der Waals surface area contributed by atoms with Crippen LogP contribution in [0, 0.1) is 5.82 Å². The predicted octanol–water partition coefficient (Wildman–Crippen LogP) is 1.14. The Morgan fingerprint density at radius 2 is 2.20 bits per heavy atom. The summed E-state index contributed by atoms with van der Waals surface area (Å²) < 4.78 is 18.1. The maximum atomic E-state index is 13.5. The molecule has 1 amide bonds. The summed E-state index contributed by atoms with van der Waals surface area (Å²) in [5.41, 5.74) is -0.0834. The van der Waals surface area contributed by atoms with Gasteiger partial charge in [-0.1, -0.05) is 0 Å². The Balaban J connectivity index is 1.93. The number of ether oxygens (including phenoxy) is 1. The number of H-pyrrole nitrogens is 1. The molecule has 1 fully saturated rings. The van der Waals surface area contributed by atoms with Gasteiger partial charge in [0.1, 0.15) is 16.9 Å². The first-order valence-corrected chi connectivity index (χ1v) is 6.09. The monoisotopic (exact) mass is 277 g/mol. The van der Waals surface area contributed by atoms with Crippen LogP contribution in [-0.4, -0.2) is 34.5 Å². The Bertz CT molecular complexity index is 706. The van der Waals surface area contributed by atoms with Crippen LogP contribution in [0.25, 0.3) is 11.0 Å². The van der Waals surface area contributed by atoms with Crippen molar-refractivity contribution in [2.75, 3.05) is 7.11 Å². The average Bonchev–Trinajstić information content (AvgIpc) is 3.05. The second-order valence-corrected chi connectivity index (χ2v) is 4.78. The number of carbonyl (C=O) groups excluding carboxylic acids is 2. The molecule has 7 heteroatoms. The van der Waals surface area contributed by atoms with Crippen LogP contribution in [0.2, 0.25) is 0 Å². The third-order valence-corrected chi connectivity index (χ3v) is 3.41. The molecule has 3 rings (SSSR count). The van der Waals surface area contributed by atoms with Crippen molar-refractivity contribution >= 4 is 22.9 Å². The number of nitrogens with one attached hydrogen (secondary N) is 2. The summed E-state index contributed by atoms with van der Waals surface area (Å²) in [6.45, 7) is 0. The van der Waals surface area contributed by atoms with Crippen LogP contribution in [0.3, 0.4) is 0 Å². The number of hydrogen-bond donors (Lipinski definition) is 2. The molecule has 2 N–H and O–H groups in total. The van der Waals surface area contributed by atoms with E-state index >= 15 is 0 Å². The van der Waals surface area contributed by atoms with Gasteiger partial charge in [-0.15, -0.1) is 0 Å². The zero-order valence-corrected chi connectivity index (χ0v) is 10.7. The number of halogens is 1. The first kappa shape index (κ1) is 12.6. The zero-order valence-electron chi connectivity index (χ0n) is 10.7. The summed E-state index contributed by atoms with van der Waals surface area (Å²) >= 11 is 0. The first-order chi connectivity index (χ1) is 9.55. The second kappa shape index (κ2) is 4.29. The third kappa shape index (κ3) is 1.91. The van der Waals surface area contributed by atoms with E-state index < -0.39 is 23.2 Å². The van der Waals surface area contributed by atoms with Gasteiger partial charge < -0.3 is 15.0 Å². The van der Waals surface area contributed by atoms with E-state index in [9.17, 15) is 14.0 Å². The molecule has 6 nitrogen and oxygen atoms in total. The number of aromatic amines is 1. The molecule has 104 valence electrons. The van der Waals surface area contributed by atoms with Crippen molar-refractivity contribution in [2.45, 2.75) is 18.4 Å². The van der Waals surface area contributed by atoms with Crippen molar-refractivity contribution in [2.24, 2.45) is 0 Å². The number of amides is 1. The fraction of sp³-hybridized carbons (Fsp3) is 0.308. The first-order valence-electron chi connectivity index (χ1n) is 6.09. The molecule has 1 aliphatic carbocycles. The fourth-order valence-corrected chi connectivity index (χ4v) is 2.17. The van der Waals surface area contributed by atoms with Gasteiger partial charge in [0.2, 0.25) is 0 Å². The van der Waals surface area contributed by atoms with E-state index in [2.05, 4.69) is 20.0 Å². The lowest BCUT2D eigenvalue weighted by Gasteiger charge is -2.14. The third-order valence-electron chi connectivity index (χ3n) is 3.41. The highest BCUT2D eigenvalue weighted by atomic mass is 19.1. The van der Waals surface area contributed by atoms with Crippen molar-refractivity contribution in [1.29, 1.82) is 0 Å². The number of fused-ring (bicyclic) bond motifs is 1. The molecule has 20 heavy (non-hydrogen) atoms. The van der Waals surface area contributed by atoms with E-state index in [0.717, 1.165) is 6.07 Å². The summed E-state index contributed by atoms with van der Waals surface area (Å²) in [7, 11) is 1.27. The molecule has 1 saturated carbocycles. The molecule has 0 unspecified atom stereocenters. The van der Waals surface area contributed by atoms with E-state index in [-0.39, 0.29) is 5.56 Å². The summed E-state index contributed by atoms with van der Waals surface area (Å²) in [4.78, 5) is 30.6. The van der Waals surface area contributed by atoms with Gasteiger partial charge in [-0.25, -0.2) is 14.2 Å². The van der Waals surface area contributed by atoms with Gasteiger partial charge in [-0.05, 0) is 25.0 Å². The quantitative estimate of drug-likeness (QED) is 0.824. The lowest BCUT2D eigenvalue weighted by atomic mass is 10.1. The van der Waals surface area contributed by atoms with Crippen molar-refractivity contribution in [3.63, 3.8) is 0 Å². The van der Waals surface area contributed by atoms with Crippen LogP contribution in [0.1, 0.15) is 23.2 Å². The molecule has 1 aromatic carbocycles. The minimum Gasteiger partial charge on any atom is -0.467 e. The summed E-state index contributed by atoms with van der Waals surface area (Å²) in [5, 5.41) is 2.61. The Hall–Kier alpha value is -2.44. The highest BCUT2D eigenvalue weighted by Crippen LogP contribution is 2.37. The second-order valence-electron chi connectivity index (χ2n) is 4.78. The van der Waals surface area contributed by atoms with Gasteiger partial charge in [0.05, 0.1) is 24.5 Å². The number of benzene rings is 1. The number of rotatable bonds is 3. The van der Waals surface area contributed by atoms with Gasteiger partial charge in [0.15, 0.2) is 0 Å². The Kier molecular flexibility index (Phi) is 2.70. The van der Waals surface area contributed by atoms with E-state index in [0.29, 0.717) is 23.9 Å². The van der Waals surface area contributed by atoms with Gasteiger partial charge in [-0.2, -0.15) is 0 Å². The van der Waals surface area contributed by atoms with Gasteiger partial charge in [-0.3, -0.25) is 4.79 Å². The van der Waals surface area contributed by atoms with Gasteiger partial charge in [0, 0.05) is 0 Å². The number of methoxy groups -OCH3 is 1. The highest BCUT2D eigenvalue weighted by molar-refractivity contribution is 6.07. The lowest BCUT2D eigenvalue weighted by Crippen LogP contribution is -2.43. The van der Waals surface area contributed by atoms with Crippen molar-refractivity contribution in [3.8, 4) is 0 Å². The lowest BCUT2D eigenvalue weighted by molar-refractivity contribution is -0.144. The minimum atomic E-state index is -0.971.